The maximum atomic E-state index is 10.3. The summed E-state index contributed by atoms with van der Waals surface area (Å²) in [6.07, 6.45) is 0.860. The lowest BCUT2D eigenvalue weighted by Crippen LogP contribution is -2.34. The molecule has 0 radical (unpaired) electrons. The number of hydrogen-bond donors (Lipinski definition) is 1. The topological polar surface area (TPSA) is 47.6 Å². The molecule has 0 heterocycles. The number of rotatable bonds is 7. The molecule has 1 aromatic rings. The quantitative estimate of drug-likeness (QED) is 0.592. The van der Waals surface area contributed by atoms with Crippen molar-refractivity contribution >= 4 is 6.29 Å². The zero-order valence-corrected chi connectivity index (χ0v) is 11.4. The highest BCUT2D eigenvalue weighted by Crippen LogP contribution is 2.34. The van der Waals surface area contributed by atoms with Crippen molar-refractivity contribution in [2.75, 3.05) is 27.3 Å². The van der Waals surface area contributed by atoms with E-state index in [9.17, 15) is 4.79 Å². The van der Waals surface area contributed by atoms with Gasteiger partial charge >= 0.3 is 0 Å². The molecule has 0 spiro atoms. The van der Waals surface area contributed by atoms with Gasteiger partial charge in [0.25, 0.3) is 0 Å². The third-order valence-electron chi connectivity index (χ3n) is 2.93. The summed E-state index contributed by atoms with van der Waals surface area (Å²) in [5, 5.41) is 3.10. The first-order valence-electron chi connectivity index (χ1n) is 5.92. The van der Waals surface area contributed by atoms with Gasteiger partial charge in [-0.05, 0) is 18.2 Å². The van der Waals surface area contributed by atoms with Gasteiger partial charge in [0.2, 0.25) is 0 Å². The highest BCUT2D eigenvalue weighted by molar-refractivity contribution is 5.52. The molecule has 4 heteroatoms. The Bertz CT molecular complexity index is 402. The average molecular weight is 251 g/mol. The fraction of sp³-hybridized carbons (Fsp3) is 0.500. The van der Waals surface area contributed by atoms with Crippen molar-refractivity contribution in [3.8, 4) is 11.5 Å². The first-order chi connectivity index (χ1) is 8.55. The molecular formula is C14H21NO3. The standard InChI is InChI=1S/C14H21NO3/c1-14(2,10-15-7-8-16)12-9-11(17-3)5-6-13(12)18-4/h5-6,8-9,15H,7,10H2,1-4H3. The minimum absolute atomic E-state index is 0.150. The molecule has 0 aliphatic carbocycles. The van der Waals surface area contributed by atoms with Crippen molar-refractivity contribution in [1.82, 2.24) is 5.32 Å². The van der Waals surface area contributed by atoms with Crippen LogP contribution in [0.3, 0.4) is 0 Å². The lowest BCUT2D eigenvalue weighted by atomic mass is 9.83. The second-order valence-electron chi connectivity index (χ2n) is 4.75. The minimum atomic E-state index is -0.150. The van der Waals surface area contributed by atoms with Crippen molar-refractivity contribution in [1.29, 1.82) is 0 Å². The molecule has 0 aliphatic rings. The van der Waals surface area contributed by atoms with E-state index < -0.39 is 0 Å². The molecule has 18 heavy (non-hydrogen) atoms. The van der Waals surface area contributed by atoms with Crippen molar-refractivity contribution in [3.63, 3.8) is 0 Å². The number of carbonyl (C=O) groups is 1. The molecule has 0 saturated heterocycles. The first kappa shape index (κ1) is 14.5. The SMILES string of the molecule is COc1ccc(OC)c(C(C)(C)CNCC=O)c1. The molecule has 1 aromatic carbocycles. The van der Waals surface area contributed by atoms with Crippen molar-refractivity contribution < 1.29 is 14.3 Å². The monoisotopic (exact) mass is 251 g/mol. The van der Waals surface area contributed by atoms with Crippen LogP contribution in [0.5, 0.6) is 11.5 Å². The minimum Gasteiger partial charge on any atom is -0.497 e. The van der Waals surface area contributed by atoms with Gasteiger partial charge in [0.05, 0.1) is 20.8 Å². The summed E-state index contributed by atoms with van der Waals surface area (Å²) in [6.45, 7) is 5.25. The zero-order valence-electron chi connectivity index (χ0n) is 11.4. The van der Waals surface area contributed by atoms with Gasteiger partial charge in [-0.25, -0.2) is 0 Å². The normalized spacial score (nSPS) is 11.1. The summed E-state index contributed by atoms with van der Waals surface area (Å²) < 4.78 is 10.6. The zero-order chi connectivity index (χ0) is 13.6. The summed E-state index contributed by atoms with van der Waals surface area (Å²) in [6, 6.07) is 5.74. The van der Waals surface area contributed by atoms with Crippen molar-refractivity contribution in [2.24, 2.45) is 0 Å². The van der Waals surface area contributed by atoms with Gasteiger partial charge in [0.15, 0.2) is 0 Å². The van der Waals surface area contributed by atoms with Gasteiger partial charge in [0, 0.05) is 17.5 Å². The molecule has 100 valence electrons. The van der Waals surface area contributed by atoms with E-state index in [1.54, 1.807) is 14.2 Å². The summed E-state index contributed by atoms with van der Waals surface area (Å²) in [7, 11) is 3.30. The Kier molecular flexibility index (Phi) is 5.16. The number of ether oxygens (including phenoxy) is 2. The molecule has 0 saturated carbocycles. The maximum absolute atomic E-state index is 10.3. The number of methoxy groups -OCH3 is 2. The molecule has 0 aliphatic heterocycles. The number of benzene rings is 1. The molecule has 4 nitrogen and oxygen atoms in total. The molecule has 0 unspecified atom stereocenters. The molecule has 1 N–H and O–H groups in total. The molecule has 0 aromatic heterocycles. The van der Waals surface area contributed by atoms with Gasteiger partial charge in [-0.2, -0.15) is 0 Å². The van der Waals surface area contributed by atoms with Crippen LogP contribution in [0.4, 0.5) is 0 Å². The van der Waals surface area contributed by atoms with E-state index in [4.69, 9.17) is 9.47 Å². The van der Waals surface area contributed by atoms with Gasteiger partial charge in [-0.1, -0.05) is 13.8 Å². The molecule has 0 bridgehead atoms. The Morgan fingerprint density at radius 2 is 2.00 bits per heavy atom. The Morgan fingerprint density at radius 3 is 2.56 bits per heavy atom. The van der Waals surface area contributed by atoms with Crippen LogP contribution >= 0.6 is 0 Å². The lowest BCUT2D eigenvalue weighted by Gasteiger charge is -2.27. The van der Waals surface area contributed by atoms with Crippen LogP contribution in [0.1, 0.15) is 19.4 Å². The third-order valence-corrected chi connectivity index (χ3v) is 2.93. The number of aldehydes is 1. The van der Waals surface area contributed by atoms with Crippen LogP contribution in [0.15, 0.2) is 18.2 Å². The van der Waals surface area contributed by atoms with E-state index in [0.717, 1.165) is 23.3 Å². The Morgan fingerprint density at radius 1 is 1.28 bits per heavy atom. The second-order valence-corrected chi connectivity index (χ2v) is 4.75. The highest BCUT2D eigenvalue weighted by Gasteiger charge is 2.24. The Hall–Kier alpha value is -1.55. The van der Waals surface area contributed by atoms with Gasteiger partial charge in [-0.15, -0.1) is 0 Å². The Labute approximate surface area is 108 Å². The van der Waals surface area contributed by atoms with Crippen LogP contribution in [0, 0.1) is 0 Å². The lowest BCUT2D eigenvalue weighted by molar-refractivity contribution is -0.107. The van der Waals surface area contributed by atoms with E-state index in [1.165, 1.54) is 0 Å². The van der Waals surface area contributed by atoms with Crippen LogP contribution in [-0.2, 0) is 10.2 Å². The number of hydrogen-bond acceptors (Lipinski definition) is 4. The predicted octanol–water partition coefficient (Wildman–Crippen LogP) is 1.77. The molecule has 0 amide bonds. The van der Waals surface area contributed by atoms with E-state index in [-0.39, 0.29) is 5.41 Å². The molecule has 0 atom stereocenters. The molecule has 1 rings (SSSR count). The Balaban J connectivity index is 2.99. The second kappa shape index (κ2) is 6.40. The highest BCUT2D eigenvalue weighted by atomic mass is 16.5. The molecule has 0 fully saturated rings. The van der Waals surface area contributed by atoms with E-state index in [1.807, 2.05) is 18.2 Å². The van der Waals surface area contributed by atoms with Crippen LogP contribution < -0.4 is 14.8 Å². The summed E-state index contributed by atoms with van der Waals surface area (Å²) >= 11 is 0. The number of carbonyl (C=O) groups excluding carboxylic acids is 1. The van der Waals surface area contributed by atoms with Crippen molar-refractivity contribution in [2.45, 2.75) is 19.3 Å². The van der Waals surface area contributed by atoms with E-state index in [2.05, 4.69) is 19.2 Å². The first-order valence-corrected chi connectivity index (χ1v) is 5.92. The van der Waals surface area contributed by atoms with Gasteiger partial charge < -0.3 is 19.6 Å². The van der Waals surface area contributed by atoms with Crippen LogP contribution in [-0.4, -0.2) is 33.6 Å². The third kappa shape index (κ3) is 3.47. The predicted molar refractivity (Wildman–Crippen MR) is 71.5 cm³/mol. The number of nitrogens with one attached hydrogen (secondary N) is 1. The summed E-state index contributed by atoms with van der Waals surface area (Å²) in [5.74, 6) is 1.63. The average Bonchev–Trinajstić information content (AvgIpc) is 2.38. The fourth-order valence-electron chi connectivity index (χ4n) is 1.88. The maximum Gasteiger partial charge on any atom is 0.133 e. The van der Waals surface area contributed by atoms with E-state index >= 15 is 0 Å². The fourth-order valence-corrected chi connectivity index (χ4v) is 1.88. The van der Waals surface area contributed by atoms with Crippen molar-refractivity contribution in [3.05, 3.63) is 23.8 Å². The van der Waals surface area contributed by atoms with Crippen LogP contribution in [0.2, 0.25) is 0 Å². The van der Waals surface area contributed by atoms with Crippen LogP contribution in [0.25, 0.3) is 0 Å². The van der Waals surface area contributed by atoms with E-state index in [0.29, 0.717) is 13.1 Å². The van der Waals surface area contributed by atoms with Gasteiger partial charge in [0.1, 0.15) is 17.8 Å². The summed E-state index contributed by atoms with van der Waals surface area (Å²) in [4.78, 5) is 10.3. The smallest absolute Gasteiger partial charge is 0.133 e. The largest absolute Gasteiger partial charge is 0.497 e. The molecular weight excluding hydrogens is 230 g/mol. The van der Waals surface area contributed by atoms with Gasteiger partial charge in [-0.3, -0.25) is 0 Å². The summed E-state index contributed by atoms with van der Waals surface area (Å²) in [5.41, 5.74) is 0.908.